The highest BCUT2D eigenvalue weighted by molar-refractivity contribution is 7.07. The van der Waals surface area contributed by atoms with Gasteiger partial charge >= 0.3 is 0 Å². The van der Waals surface area contributed by atoms with E-state index in [9.17, 15) is 4.79 Å². The number of amides is 1. The van der Waals surface area contributed by atoms with Crippen molar-refractivity contribution in [3.63, 3.8) is 0 Å². The van der Waals surface area contributed by atoms with Gasteiger partial charge in [-0.25, -0.2) is 4.98 Å². The number of nitrogens with one attached hydrogen (secondary N) is 1. The summed E-state index contributed by atoms with van der Waals surface area (Å²) < 4.78 is 1.55. The fraction of sp³-hybridized carbons (Fsp3) is 0.400. The van der Waals surface area contributed by atoms with E-state index in [2.05, 4.69) is 20.6 Å². The normalized spacial score (nSPS) is 10.5. The lowest BCUT2D eigenvalue weighted by molar-refractivity contribution is 0.0949. The molecule has 0 aliphatic heterocycles. The van der Waals surface area contributed by atoms with Crippen molar-refractivity contribution in [1.29, 1.82) is 0 Å². The summed E-state index contributed by atoms with van der Waals surface area (Å²) in [7, 11) is 0. The van der Waals surface area contributed by atoms with Crippen LogP contribution in [-0.2, 0) is 13.0 Å². The van der Waals surface area contributed by atoms with Gasteiger partial charge in [0, 0.05) is 24.9 Å². The van der Waals surface area contributed by atoms with E-state index in [1.165, 1.54) is 0 Å². The van der Waals surface area contributed by atoms with Crippen LogP contribution in [0.2, 0.25) is 0 Å². The Labute approximate surface area is 108 Å². The first-order valence-corrected chi connectivity index (χ1v) is 6.49. The van der Waals surface area contributed by atoms with Crippen LogP contribution in [0.5, 0.6) is 0 Å². The molecule has 0 spiro atoms. The Bertz CT molecular complexity index is 494. The first-order chi connectivity index (χ1) is 8.79. The second-order valence-corrected chi connectivity index (χ2v) is 4.36. The summed E-state index contributed by atoms with van der Waals surface area (Å²) >= 11 is 1.54. The molecule has 0 unspecified atom stereocenters. The minimum absolute atomic E-state index is 0.228. The molecule has 2 heterocycles. The number of aromatic nitrogens is 4. The zero-order valence-electron chi connectivity index (χ0n) is 9.74. The summed E-state index contributed by atoms with van der Waals surface area (Å²) in [5.41, 5.74) is 8.44. The van der Waals surface area contributed by atoms with Gasteiger partial charge in [0.05, 0.1) is 23.9 Å². The maximum atomic E-state index is 11.7. The molecule has 0 atom stereocenters. The number of carbonyl (C=O) groups is 1. The highest BCUT2D eigenvalue weighted by Crippen LogP contribution is 2.01. The third-order valence-corrected chi connectivity index (χ3v) is 2.91. The molecule has 0 radical (unpaired) electrons. The van der Waals surface area contributed by atoms with E-state index in [1.807, 2.05) is 5.38 Å². The first-order valence-electron chi connectivity index (χ1n) is 5.55. The summed E-state index contributed by atoms with van der Waals surface area (Å²) in [6.45, 7) is 1.56. The third-order valence-electron chi connectivity index (χ3n) is 2.28. The summed E-state index contributed by atoms with van der Waals surface area (Å²) in [6, 6.07) is 0. The van der Waals surface area contributed by atoms with Crippen LogP contribution in [0, 0.1) is 0 Å². The maximum Gasteiger partial charge on any atom is 0.273 e. The third kappa shape index (κ3) is 3.34. The molecule has 8 heteroatoms. The number of carbonyl (C=O) groups excluding carboxylic acids is 1. The minimum Gasteiger partial charge on any atom is -0.350 e. The lowest BCUT2D eigenvalue weighted by atomic mass is 10.3. The van der Waals surface area contributed by atoms with Crippen LogP contribution in [0.25, 0.3) is 0 Å². The molecule has 0 aliphatic carbocycles. The molecule has 7 nitrogen and oxygen atoms in total. The molecule has 0 aliphatic rings. The summed E-state index contributed by atoms with van der Waals surface area (Å²) in [6.07, 6.45) is 2.30. The highest BCUT2D eigenvalue weighted by Gasteiger charge is 2.09. The van der Waals surface area contributed by atoms with Crippen LogP contribution in [-0.4, -0.2) is 39.0 Å². The highest BCUT2D eigenvalue weighted by atomic mass is 32.1. The van der Waals surface area contributed by atoms with Gasteiger partial charge in [-0.1, -0.05) is 5.21 Å². The van der Waals surface area contributed by atoms with Crippen molar-refractivity contribution in [2.75, 3.05) is 13.1 Å². The van der Waals surface area contributed by atoms with Crippen LogP contribution in [0.1, 0.15) is 16.2 Å². The van der Waals surface area contributed by atoms with Crippen LogP contribution < -0.4 is 11.1 Å². The SMILES string of the molecule is NCCn1cc(C(=O)NCCc2cscn2)nn1. The zero-order valence-corrected chi connectivity index (χ0v) is 10.6. The Kier molecular flexibility index (Phi) is 4.37. The molecular formula is C10H14N6OS. The molecule has 1 amide bonds. The summed E-state index contributed by atoms with van der Waals surface area (Å²) in [4.78, 5) is 15.9. The van der Waals surface area contributed by atoms with Gasteiger partial charge < -0.3 is 11.1 Å². The van der Waals surface area contributed by atoms with Gasteiger partial charge in [-0.15, -0.1) is 16.4 Å². The van der Waals surface area contributed by atoms with Gasteiger partial charge in [0.1, 0.15) is 0 Å². The zero-order chi connectivity index (χ0) is 12.8. The molecule has 2 aromatic heterocycles. The quantitative estimate of drug-likeness (QED) is 0.745. The molecule has 96 valence electrons. The van der Waals surface area contributed by atoms with Gasteiger partial charge in [0.25, 0.3) is 5.91 Å². The minimum atomic E-state index is -0.228. The van der Waals surface area contributed by atoms with Gasteiger partial charge in [-0.05, 0) is 0 Å². The fourth-order valence-corrected chi connectivity index (χ4v) is 1.99. The van der Waals surface area contributed by atoms with Crippen LogP contribution in [0.15, 0.2) is 17.1 Å². The molecule has 18 heavy (non-hydrogen) atoms. The Hall–Kier alpha value is -1.80. The van der Waals surface area contributed by atoms with Gasteiger partial charge in [0.2, 0.25) is 0 Å². The summed E-state index contributed by atoms with van der Waals surface area (Å²) in [5, 5.41) is 12.3. The second-order valence-electron chi connectivity index (χ2n) is 3.64. The van der Waals surface area contributed by atoms with Crippen LogP contribution in [0.3, 0.4) is 0 Å². The van der Waals surface area contributed by atoms with Crippen molar-refractivity contribution in [3.05, 3.63) is 28.5 Å². The molecule has 0 saturated heterocycles. The monoisotopic (exact) mass is 266 g/mol. The van der Waals surface area contributed by atoms with Crippen molar-refractivity contribution in [2.24, 2.45) is 5.73 Å². The standard InChI is InChI=1S/C10H14N6OS/c11-2-4-16-5-9(14-15-16)10(17)12-3-1-8-6-18-7-13-8/h5-7H,1-4,11H2,(H,12,17). The van der Waals surface area contributed by atoms with E-state index < -0.39 is 0 Å². The largest absolute Gasteiger partial charge is 0.350 e. The lowest BCUT2D eigenvalue weighted by Crippen LogP contribution is -2.26. The van der Waals surface area contributed by atoms with Crippen molar-refractivity contribution in [3.8, 4) is 0 Å². The number of nitrogens with two attached hydrogens (primary N) is 1. The molecule has 0 aromatic carbocycles. The van der Waals surface area contributed by atoms with Crippen LogP contribution >= 0.6 is 11.3 Å². The van der Waals surface area contributed by atoms with E-state index in [1.54, 1.807) is 27.7 Å². The van der Waals surface area contributed by atoms with Gasteiger partial charge in [-0.2, -0.15) is 0 Å². The smallest absolute Gasteiger partial charge is 0.273 e. The van der Waals surface area contributed by atoms with Gasteiger partial charge in [-0.3, -0.25) is 9.48 Å². The van der Waals surface area contributed by atoms with E-state index in [0.29, 0.717) is 31.7 Å². The van der Waals surface area contributed by atoms with Crippen molar-refractivity contribution in [2.45, 2.75) is 13.0 Å². The molecule has 2 rings (SSSR count). The average Bonchev–Trinajstić information content (AvgIpc) is 3.00. The Morgan fingerprint density at radius 2 is 2.44 bits per heavy atom. The number of thiazole rings is 1. The molecule has 0 saturated carbocycles. The second kappa shape index (κ2) is 6.22. The molecular weight excluding hydrogens is 252 g/mol. The predicted octanol–water partition coefficient (Wildman–Crippen LogP) is -0.334. The summed E-state index contributed by atoms with van der Waals surface area (Å²) in [5.74, 6) is -0.228. The van der Waals surface area contributed by atoms with Crippen molar-refractivity contribution in [1.82, 2.24) is 25.3 Å². The number of hydrogen-bond donors (Lipinski definition) is 2. The predicted molar refractivity (Wildman–Crippen MR) is 67.2 cm³/mol. The Morgan fingerprint density at radius 3 is 3.17 bits per heavy atom. The van der Waals surface area contributed by atoms with E-state index >= 15 is 0 Å². The van der Waals surface area contributed by atoms with E-state index in [4.69, 9.17) is 5.73 Å². The van der Waals surface area contributed by atoms with E-state index in [-0.39, 0.29) is 5.91 Å². The number of nitrogens with zero attached hydrogens (tertiary/aromatic N) is 4. The number of rotatable bonds is 6. The first kappa shape index (κ1) is 12.7. The number of hydrogen-bond acceptors (Lipinski definition) is 6. The fourth-order valence-electron chi connectivity index (χ4n) is 1.40. The van der Waals surface area contributed by atoms with E-state index in [0.717, 1.165) is 5.69 Å². The topological polar surface area (TPSA) is 98.7 Å². The molecule has 0 fully saturated rings. The Balaban J connectivity index is 1.80. The van der Waals surface area contributed by atoms with Crippen LogP contribution in [0.4, 0.5) is 0 Å². The molecule has 3 N–H and O–H groups in total. The lowest BCUT2D eigenvalue weighted by Gasteiger charge is -2.00. The maximum absolute atomic E-state index is 11.7. The van der Waals surface area contributed by atoms with Crippen molar-refractivity contribution >= 4 is 17.2 Å². The van der Waals surface area contributed by atoms with Gasteiger partial charge in [0.15, 0.2) is 5.69 Å². The Morgan fingerprint density at radius 1 is 1.56 bits per heavy atom. The van der Waals surface area contributed by atoms with Crippen molar-refractivity contribution < 1.29 is 4.79 Å². The molecule has 0 bridgehead atoms. The molecule has 2 aromatic rings. The average molecular weight is 266 g/mol.